The average molecular weight is 350 g/mol. The van der Waals surface area contributed by atoms with Crippen molar-refractivity contribution in [1.29, 1.82) is 0 Å². The van der Waals surface area contributed by atoms with Crippen LogP contribution in [0.5, 0.6) is 0 Å². The Hall–Kier alpha value is -2.95. The molecule has 0 saturated carbocycles. The summed E-state index contributed by atoms with van der Waals surface area (Å²) in [7, 11) is 0. The van der Waals surface area contributed by atoms with Gasteiger partial charge in [-0.3, -0.25) is 9.59 Å². The van der Waals surface area contributed by atoms with Crippen molar-refractivity contribution in [2.75, 3.05) is 6.61 Å². The second-order valence-corrected chi connectivity index (χ2v) is 6.23. The van der Waals surface area contributed by atoms with Crippen LogP contribution in [-0.2, 0) is 22.5 Å². The number of aryl methyl sites for hydroxylation is 2. The largest absolute Gasteiger partial charge is 0.466 e. The molecule has 0 aliphatic carbocycles. The maximum absolute atomic E-state index is 13.0. The number of rotatable bonds is 6. The minimum atomic E-state index is -0.313. The van der Waals surface area contributed by atoms with Gasteiger partial charge in [-0.2, -0.15) is 0 Å². The van der Waals surface area contributed by atoms with Crippen molar-refractivity contribution in [3.05, 3.63) is 75.7 Å². The topological polar surface area (TPSA) is 61.2 Å². The zero-order valence-electron chi connectivity index (χ0n) is 15.1. The smallest absolute Gasteiger partial charge is 0.306 e. The van der Waals surface area contributed by atoms with E-state index in [0.717, 1.165) is 16.6 Å². The van der Waals surface area contributed by atoms with Crippen LogP contribution in [0.15, 0.2) is 53.3 Å². The molecule has 0 amide bonds. The molecule has 0 aliphatic rings. The highest BCUT2D eigenvalue weighted by atomic mass is 16.5. The summed E-state index contributed by atoms with van der Waals surface area (Å²) in [6.07, 6.45) is 0.426. The third-order valence-corrected chi connectivity index (χ3v) is 4.25. The van der Waals surface area contributed by atoms with Crippen LogP contribution >= 0.6 is 0 Å². The third-order valence-electron chi connectivity index (χ3n) is 4.25. The molecule has 26 heavy (non-hydrogen) atoms. The molecule has 3 aromatic rings. The van der Waals surface area contributed by atoms with E-state index in [9.17, 15) is 9.59 Å². The van der Waals surface area contributed by atoms with Crippen molar-refractivity contribution in [2.45, 2.75) is 33.2 Å². The lowest BCUT2D eigenvalue weighted by Gasteiger charge is -2.12. The van der Waals surface area contributed by atoms with E-state index in [2.05, 4.69) is 4.98 Å². The Bertz CT molecular complexity index is 975. The van der Waals surface area contributed by atoms with Gasteiger partial charge in [0.25, 0.3) is 5.56 Å². The highest BCUT2D eigenvalue weighted by Crippen LogP contribution is 2.13. The molecule has 134 valence electrons. The highest BCUT2D eigenvalue weighted by molar-refractivity contribution is 5.75. The first kappa shape index (κ1) is 17.9. The fourth-order valence-corrected chi connectivity index (χ4v) is 2.89. The Morgan fingerprint density at radius 3 is 2.58 bits per heavy atom. The fraction of sp³-hybridized carbons (Fsp3) is 0.286. The molecule has 0 fully saturated rings. The van der Waals surface area contributed by atoms with Crippen molar-refractivity contribution in [3.63, 3.8) is 0 Å². The number of aromatic nitrogens is 2. The van der Waals surface area contributed by atoms with Gasteiger partial charge >= 0.3 is 5.97 Å². The molecule has 0 unspecified atom stereocenters. The molecule has 2 aromatic carbocycles. The van der Waals surface area contributed by atoms with E-state index >= 15 is 0 Å². The van der Waals surface area contributed by atoms with Gasteiger partial charge in [-0.05, 0) is 31.5 Å². The maximum Gasteiger partial charge on any atom is 0.306 e. The second kappa shape index (κ2) is 7.95. The normalized spacial score (nSPS) is 10.8. The first-order chi connectivity index (χ1) is 12.6. The summed E-state index contributed by atoms with van der Waals surface area (Å²) in [5.41, 5.74) is 4.00. The van der Waals surface area contributed by atoms with Crippen LogP contribution in [0.2, 0.25) is 0 Å². The van der Waals surface area contributed by atoms with E-state index in [0.29, 0.717) is 18.8 Å². The number of benzene rings is 2. The van der Waals surface area contributed by atoms with E-state index in [4.69, 9.17) is 4.74 Å². The van der Waals surface area contributed by atoms with Gasteiger partial charge in [0.1, 0.15) is 5.69 Å². The molecule has 0 spiro atoms. The second-order valence-electron chi connectivity index (χ2n) is 6.23. The van der Waals surface area contributed by atoms with Gasteiger partial charge in [0.05, 0.1) is 30.6 Å². The van der Waals surface area contributed by atoms with Gasteiger partial charge in [-0.1, -0.05) is 42.0 Å². The quantitative estimate of drug-likeness (QED) is 0.640. The van der Waals surface area contributed by atoms with Crippen molar-refractivity contribution >= 4 is 17.0 Å². The van der Waals surface area contributed by atoms with E-state index in [-0.39, 0.29) is 24.4 Å². The number of carbonyl (C=O) groups is 1. The van der Waals surface area contributed by atoms with E-state index in [1.54, 1.807) is 11.5 Å². The van der Waals surface area contributed by atoms with Gasteiger partial charge in [0.15, 0.2) is 0 Å². The molecule has 0 saturated heterocycles. The molecular weight excluding hydrogens is 328 g/mol. The predicted molar refractivity (Wildman–Crippen MR) is 101 cm³/mol. The first-order valence-electron chi connectivity index (χ1n) is 8.78. The maximum atomic E-state index is 13.0. The molecule has 5 heteroatoms. The Morgan fingerprint density at radius 2 is 1.85 bits per heavy atom. The lowest BCUT2D eigenvalue weighted by molar-refractivity contribution is -0.143. The van der Waals surface area contributed by atoms with Gasteiger partial charge in [-0.25, -0.2) is 4.98 Å². The third kappa shape index (κ3) is 3.99. The van der Waals surface area contributed by atoms with Crippen LogP contribution in [0.3, 0.4) is 0 Å². The molecular formula is C21H22N2O3. The zero-order chi connectivity index (χ0) is 18.5. The van der Waals surface area contributed by atoms with E-state index < -0.39 is 0 Å². The molecule has 0 atom stereocenters. The number of esters is 1. The Kier molecular flexibility index (Phi) is 5.46. The summed E-state index contributed by atoms with van der Waals surface area (Å²) in [5, 5.41) is 0. The first-order valence-corrected chi connectivity index (χ1v) is 8.78. The van der Waals surface area contributed by atoms with Crippen LogP contribution in [0.4, 0.5) is 0 Å². The highest BCUT2D eigenvalue weighted by Gasteiger charge is 2.13. The van der Waals surface area contributed by atoms with Gasteiger partial charge in [0, 0.05) is 6.42 Å². The number of fused-ring (bicyclic) bond motifs is 1. The van der Waals surface area contributed by atoms with Crippen molar-refractivity contribution in [3.8, 4) is 0 Å². The Morgan fingerprint density at radius 1 is 1.12 bits per heavy atom. The van der Waals surface area contributed by atoms with Crippen molar-refractivity contribution in [1.82, 2.24) is 9.55 Å². The standard InChI is InChI=1S/C21H22N2O3/c1-3-26-20(24)13-12-18-21(25)23(14-16-10-8-15(2)9-11-16)19-7-5-4-6-17(19)22-18/h4-11H,3,12-14H2,1-2H3. The molecule has 0 N–H and O–H groups in total. The average Bonchev–Trinajstić information content (AvgIpc) is 2.64. The Balaban J connectivity index is 1.99. The Labute approximate surface area is 152 Å². The minimum Gasteiger partial charge on any atom is -0.466 e. The molecule has 1 aromatic heterocycles. The van der Waals surface area contributed by atoms with Gasteiger partial charge < -0.3 is 9.30 Å². The summed E-state index contributed by atoms with van der Waals surface area (Å²) < 4.78 is 6.68. The lowest BCUT2D eigenvalue weighted by atomic mass is 10.1. The number of ether oxygens (including phenoxy) is 1. The zero-order valence-corrected chi connectivity index (χ0v) is 15.1. The number of hydrogen-bond donors (Lipinski definition) is 0. The molecule has 3 rings (SSSR count). The number of para-hydroxylation sites is 2. The SMILES string of the molecule is CCOC(=O)CCc1nc2ccccc2n(Cc2ccc(C)cc2)c1=O. The van der Waals surface area contributed by atoms with Crippen LogP contribution in [0.1, 0.15) is 30.2 Å². The number of nitrogens with zero attached hydrogens (tertiary/aromatic N) is 2. The molecule has 0 radical (unpaired) electrons. The van der Waals surface area contributed by atoms with Crippen LogP contribution in [0, 0.1) is 6.92 Å². The van der Waals surface area contributed by atoms with Crippen LogP contribution < -0.4 is 5.56 Å². The lowest BCUT2D eigenvalue weighted by Crippen LogP contribution is -2.27. The summed E-state index contributed by atoms with van der Waals surface area (Å²) in [5.74, 6) is -0.313. The molecule has 1 heterocycles. The van der Waals surface area contributed by atoms with Crippen molar-refractivity contribution in [2.24, 2.45) is 0 Å². The van der Waals surface area contributed by atoms with Crippen LogP contribution in [-0.4, -0.2) is 22.1 Å². The van der Waals surface area contributed by atoms with E-state index in [1.807, 2.05) is 55.5 Å². The fourth-order valence-electron chi connectivity index (χ4n) is 2.89. The van der Waals surface area contributed by atoms with Gasteiger partial charge in [0.2, 0.25) is 0 Å². The molecule has 0 aliphatic heterocycles. The summed E-state index contributed by atoms with van der Waals surface area (Å²) in [4.78, 5) is 29.1. The molecule has 5 nitrogen and oxygen atoms in total. The van der Waals surface area contributed by atoms with E-state index in [1.165, 1.54) is 5.56 Å². The molecule has 0 bridgehead atoms. The minimum absolute atomic E-state index is 0.152. The van der Waals surface area contributed by atoms with Crippen LogP contribution in [0.25, 0.3) is 11.0 Å². The summed E-state index contributed by atoms with van der Waals surface area (Å²) >= 11 is 0. The van der Waals surface area contributed by atoms with Gasteiger partial charge in [-0.15, -0.1) is 0 Å². The predicted octanol–water partition coefficient (Wildman–Crippen LogP) is 3.25. The monoisotopic (exact) mass is 350 g/mol. The van der Waals surface area contributed by atoms with Crippen molar-refractivity contribution < 1.29 is 9.53 Å². The summed E-state index contributed by atoms with van der Waals surface area (Å²) in [6.45, 7) is 4.60. The summed E-state index contributed by atoms with van der Waals surface area (Å²) in [6, 6.07) is 15.7. The number of hydrogen-bond acceptors (Lipinski definition) is 4. The number of carbonyl (C=O) groups excluding carboxylic acids is 1.